The lowest BCUT2D eigenvalue weighted by molar-refractivity contribution is 0.0914. The van der Waals surface area contributed by atoms with Crippen LogP contribution < -0.4 is 5.32 Å². The van der Waals surface area contributed by atoms with E-state index in [9.17, 15) is 4.79 Å². The summed E-state index contributed by atoms with van der Waals surface area (Å²) in [6.45, 7) is 1.94. The molecule has 25 heavy (non-hydrogen) atoms. The van der Waals surface area contributed by atoms with E-state index in [-0.39, 0.29) is 11.9 Å². The predicted molar refractivity (Wildman–Crippen MR) is 93.5 cm³/mol. The third kappa shape index (κ3) is 3.01. The van der Waals surface area contributed by atoms with Crippen LogP contribution in [0.25, 0.3) is 16.7 Å². The second-order valence-corrected chi connectivity index (χ2v) is 5.78. The van der Waals surface area contributed by atoms with Gasteiger partial charge in [0.25, 0.3) is 5.91 Å². The zero-order chi connectivity index (χ0) is 17.2. The van der Waals surface area contributed by atoms with Gasteiger partial charge in [-0.2, -0.15) is 5.10 Å². The minimum absolute atomic E-state index is 0.148. The summed E-state index contributed by atoms with van der Waals surface area (Å²) >= 11 is 0. The van der Waals surface area contributed by atoms with Gasteiger partial charge in [0, 0.05) is 5.39 Å². The summed E-state index contributed by atoms with van der Waals surface area (Å²) in [6, 6.07) is 17.0. The number of rotatable bonds is 4. The Morgan fingerprint density at radius 1 is 1.16 bits per heavy atom. The maximum atomic E-state index is 12.4. The SMILES string of the molecule is CC(NC(=O)c1cc2ccccc2o1)c1ccc(-n2cncn2)cc1. The van der Waals surface area contributed by atoms with Crippen LogP contribution in [0.5, 0.6) is 0 Å². The van der Waals surface area contributed by atoms with Crippen LogP contribution in [0.2, 0.25) is 0 Å². The number of benzene rings is 2. The first kappa shape index (κ1) is 15.1. The highest BCUT2D eigenvalue weighted by Crippen LogP contribution is 2.20. The fourth-order valence-corrected chi connectivity index (χ4v) is 2.70. The molecule has 1 atom stereocenters. The first-order chi connectivity index (χ1) is 12.2. The molecule has 0 saturated heterocycles. The van der Waals surface area contributed by atoms with Crippen molar-refractivity contribution in [1.29, 1.82) is 0 Å². The van der Waals surface area contributed by atoms with Crippen LogP contribution in [0.4, 0.5) is 0 Å². The van der Waals surface area contributed by atoms with Gasteiger partial charge in [-0.25, -0.2) is 9.67 Å². The number of para-hydroxylation sites is 1. The summed E-state index contributed by atoms with van der Waals surface area (Å²) in [5.41, 5.74) is 2.61. The normalized spacial score (nSPS) is 12.2. The fourth-order valence-electron chi connectivity index (χ4n) is 2.70. The zero-order valence-corrected chi connectivity index (χ0v) is 13.6. The number of aromatic nitrogens is 3. The molecule has 0 radical (unpaired) electrons. The minimum Gasteiger partial charge on any atom is -0.451 e. The van der Waals surface area contributed by atoms with Crippen LogP contribution in [0.3, 0.4) is 0 Å². The molecular formula is C19H16N4O2. The number of carbonyl (C=O) groups excluding carboxylic acids is 1. The molecule has 2 aromatic carbocycles. The van der Waals surface area contributed by atoms with Crippen molar-refractivity contribution < 1.29 is 9.21 Å². The van der Waals surface area contributed by atoms with Crippen molar-refractivity contribution >= 4 is 16.9 Å². The van der Waals surface area contributed by atoms with Crippen LogP contribution in [-0.4, -0.2) is 20.7 Å². The summed E-state index contributed by atoms with van der Waals surface area (Å²) in [6.07, 6.45) is 3.13. The van der Waals surface area contributed by atoms with Gasteiger partial charge in [0.15, 0.2) is 5.76 Å². The Kier molecular flexibility index (Phi) is 3.78. The van der Waals surface area contributed by atoms with Crippen LogP contribution in [0, 0.1) is 0 Å². The summed E-state index contributed by atoms with van der Waals surface area (Å²) in [4.78, 5) is 16.4. The third-order valence-corrected chi connectivity index (χ3v) is 4.07. The van der Waals surface area contributed by atoms with Gasteiger partial charge < -0.3 is 9.73 Å². The number of hydrogen-bond donors (Lipinski definition) is 1. The molecule has 0 spiro atoms. The first-order valence-corrected chi connectivity index (χ1v) is 7.95. The average molecular weight is 332 g/mol. The number of furan rings is 1. The van der Waals surface area contributed by atoms with Crippen molar-refractivity contribution in [2.45, 2.75) is 13.0 Å². The molecular weight excluding hydrogens is 316 g/mol. The second-order valence-electron chi connectivity index (χ2n) is 5.78. The monoisotopic (exact) mass is 332 g/mol. The van der Waals surface area contributed by atoms with Crippen molar-refractivity contribution in [1.82, 2.24) is 20.1 Å². The van der Waals surface area contributed by atoms with E-state index in [1.165, 1.54) is 6.33 Å². The Morgan fingerprint density at radius 3 is 2.68 bits per heavy atom. The highest BCUT2D eigenvalue weighted by Gasteiger charge is 2.15. The Morgan fingerprint density at radius 2 is 1.96 bits per heavy atom. The Hall–Kier alpha value is -3.41. The molecule has 4 rings (SSSR count). The van der Waals surface area contributed by atoms with Crippen molar-refractivity contribution in [3.8, 4) is 5.69 Å². The van der Waals surface area contributed by atoms with Crippen molar-refractivity contribution in [2.24, 2.45) is 0 Å². The molecule has 1 amide bonds. The number of carbonyl (C=O) groups is 1. The molecule has 6 nitrogen and oxygen atoms in total. The summed E-state index contributed by atoms with van der Waals surface area (Å²) in [7, 11) is 0. The lowest BCUT2D eigenvalue weighted by Gasteiger charge is -2.14. The number of nitrogens with one attached hydrogen (secondary N) is 1. The summed E-state index contributed by atoms with van der Waals surface area (Å²) < 4.78 is 7.29. The standard InChI is InChI=1S/C19H16N4O2/c1-13(14-6-8-16(9-7-14)23-12-20-11-21-23)22-19(24)18-10-15-4-2-3-5-17(15)25-18/h2-13H,1H3,(H,22,24). The van der Waals surface area contributed by atoms with Gasteiger partial charge in [0.2, 0.25) is 0 Å². The molecule has 0 aliphatic rings. The van der Waals surface area contributed by atoms with Gasteiger partial charge in [0.1, 0.15) is 18.2 Å². The summed E-state index contributed by atoms with van der Waals surface area (Å²) in [5, 5.41) is 7.97. The zero-order valence-electron chi connectivity index (χ0n) is 13.6. The van der Waals surface area contributed by atoms with Gasteiger partial charge in [0.05, 0.1) is 11.7 Å². The van der Waals surface area contributed by atoms with E-state index in [4.69, 9.17) is 4.42 Å². The summed E-state index contributed by atoms with van der Waals surface area (Å²) in [5.74, 6) is 0.0799. The lowest BCUT2D eigenvalue weighted by Crippen LogP contribution is -2.26. The van der Waals surface area contributed by atoms with Crippen LogP contribution in [0.15, 0.2) is 71.7 Å². The molecule has 6 heteroatoms. The van der Waals surface area contributed by atoms with Crippen LogP contribution in [-0.2, 0) is 0 Å². The predicted octanol–water partition coefficient (Wildman–Crippen LogP) is 3.50. The van der Waals surface area contributed by atoms with Crippen LogP contribution >= 0.6 is 0 Å². The lowest BCUT2D eigenvalue weighted by atomic mass is 10.1. The number of amides is 1. The van der Waals surface area contributed by atoms with Crippen molar-refractivity contribution in [3.63, 3.8) is 0 Å². The first-order valence-electron chi connectivity index (χ1n) is 7.95. The second kappa shape index (κ2) is 6.24. The molecule has 0 aliphatic carbocycles. The minimum atomic E-state index is -0.232. The smallest absolute Gasteiger partial charge is 0.287 e. The van der Waals surface area contributed by atoms with E-state index in [2.05, 4.69) is 15.4 Å². The number of fused-ring (bicyclic) bond motifs is 1. The number of hydrogen-bond acceptors (Lipinski definition) is 4. The van der Waals surface area contributed by atoms with Crippen molar-refractivity contribution in [3.05, 3.63) is 78.6 Å². The Balaban J connectivity index is 1.49. The average Bonchev–Trinajstić information content (AvgIpc) is 3.31. The number of nitrogens with zero attached hydrogens (tertiary/aromatic N) is 3. The highest BCUT2D eigenvalue weighted by atomic mass is 16.3. The van der Waals surface area contributed by atoms with E-state index in [0.29, 0.717) is 11.3 Å². The van der Waals surface area contributed by atoms with Gasteiger partial charge >= 0.3 is 0 Å². The molecule has 0 bridgehead atoms. The molecule has 1 unspecified atom stereocenters. The molecule has 0 fully saturated rings. The van der Waals surface area contributed by atoms with E-state index in [0.717, 1.165) is 16.6 Å². The molecule has 0 saturated carbocycles. The van der Waals surface area contributed by atoms with E-state index < -0.39 is 0 Å². The Labute approximate surface area is 144 Å². The topological polar surface area (TPSA) is 73.0 Å². The molecule has 2 heterocycles. The van der Waals surface area contributed by atoms with E-state index >= 15 is 0 Å². The van der Waals surface area contributed by atoms with Gasteiger partial charge in [-0.3, -0.25) is 4.79 Å². The van der Waals surface area contributed by atoms with Crippen LogP contribution in [0.1, 0.15) is 29.1 Å². The quantitative estimate of drug-likeness (QED) is 0.621. The largest absolute Gasteiger partial charge is 0.451 e. The molecule has 124 valence electrons. The Bertz CT molecular complexity index is 971. The maximum Gasteiger partial charge on any atom is 0.287 e. The molecule has 4 aromatic rings. The van der Waals surface area contributed by atoms with Crippen molar-refractivity contribution in [2.75, 3.05) is 0 Å². The van der Waals surface area contributed by atoms with E-state index in [1.807, 2.05) is 55.5 Å². The van der Waals surface area contributed by atoms with Gasteiger partial charge in [-0.15, -0.1) is 0 Å². The van der Waals surface area contributed by atoms with Gasteiger partial charge in [-0.05, 0) is 36.8 Å². The molecule has 1 N–H and O–H groups in total. The van der Waals surface area contributed by atoms with Gasteiger partial charge in [-0.1, -0.05) is 30.3 Å². The fraction of sp³-hybridized carbons (Fsp3) is 0.105. The van der Waals surface area contributed by atoms with E-state index in [1.54, 1.807) is 17.1 Å². The maximum absolute atomic E-state index is 12.4. The highest BCUT2D eigenvalue weighted by molar-refractivity contribution is 5.96. The third-order valence-electron chi connectivity index (χ3n) is 4.07. The molecule has 2 aromatic heterocycles. The molecule has 0 aliphatic heterocycles.